The van der Waals surface area contributed by atoms with Crippen LogP contribution in [0.5, 0.6) is 0 Å². The highest BCUT2D eigenvalue weighted by atomic mass is 19.2. The molecule has 6 heteroatoms. The van der Waals surface area contributed by atoms with Crippen molar-refractivity contribution in [2.75, 3.05) is 5.32 Å². The van der Waals surface area contributed by atoms with Crippen molar-refractivity contribution in [3.63, 3.8) is 0 Å². The third-order valence-electron chi connectivity index (χ3n) is 4.04. The van der Waals surface area contributed by atoms with E-state index >= 15 is 0 Å². The first kappa shape index (κ1) is 15.5. The van der Waals surface area contributed by atoms with E-state index in [0.717, 1.165) is 12.1 Å². The number of furan rings is 1. The van der Waals surface area contributed by atoms with Crippen LogP contribution in [0, 0.1) is 23.3 Å². The van der Waals surface area contributed by atoms with Crippen molar-refractivity contribution in [2.45, 2.75) is 6.54 Å². The number of hydrogen-bond donors (Lipinski definition) is 1. The summed E-state index contributed by atoms with van der Waals surface area (Å²) < 4.78 is 59.7. The summed E-state index contributed by atoms with van der Waals surface area (Å²) in [5.74, 6) is -3.55. The van der Waals surface area contributed by atoms with E-state index in [1.54, 1.807) is 18.2 Å². The van der Waals surface area contributed by atoms with E-state index < -0.39 is 23.3 Å². The van der Waals surface area contributed by atoms with Crippen LogP contribution in [0.15, 0.2) is 52.9 Å². The Morgan fingerprint density at radius 2 is 1.44 bits per heavy atom. The molecule has 4 rings (SSSR count). The molecular formula is C19H11F4NO. The predicted octanol–water partition coefficient (Wildman–Crippen LogP) is 5.75. The van der Waals surface area contributed by atoms with Crippen molar-refractivity contribution in [3.8, 4) is 0 Å². The molecule has 1 heterocycles. The van der Waals surface area contributed by atoms with Gasteiger partial charge in [0.1, 0.15) is 22.8 Å². The third-order valence-corrected chi connectivity index (χ3v) is 4.04. The maximum Gasteiger partial charge on any atom is 0.166 e. The van der Waals surface area contributed by atoms with Gasteiger partial charge in [-0.05, 0) is 48.5 Å². The molecule has 4 aromatic rings. The lowest BCUT2D eigenvalue weighted by molar-refractivity contribution is 0.482. The summed E-state index contributed by atoms with van der Waals surface area (Å²) >= 11 is 0. The fourth-order valence-electron chi connectivity index (χ4n) is 2.78. The fourth-order valence-corrected chi connectivity index (χ4v) is 2.78. The zero-order valence-electron chi connectivity index (χ0n) is 12.7. The Balaban J connectivity index is 1.70. The minimum atomic E-state index is -1.22. The molecule has 0 saturated heterocycles. The van der Waals surface area contributed by atoms with Crippen LogP contribution in [-0.2, 0) is 6.54 Å². The Morgan fingerprint density at radius 3 is 2.24 bits per heavy atom. The molecule has 0 aliphatic rings. The van der Waals surface area contributed by atoms with Gasteiger partial charge in [0.2, 0.25) is 0 Å². The SMILES string of the molecule is Fc1ccc2oc3ccc(NCc4c(F)ccc(F)c4F)cc3c2c1. The number of fused-ring (bicyclic) bond motifs is 3. The molecule has 0 amide bonds. The number of anilines is 1. The van der Waals surface area contributed by atoms with Crippen LogP contribution in [0.3, 0.4) is 0 Å². The molecule has 1 aromatic heterocycles. The molecule has 0 saturated carbocycles. The summed E-state index contributed by atoms with van der Waals surface area (Å²) in [6.45, 7) is -0.231. The number of rotatable bonds is 3. The minimum absolute atomic E-state index is 0.231. The Bertz CT molecular complexity index is 1100. The summed E-state index contributed by atoms with van der Waals surface area (Å²) in [7, 11) is 0. The Morgan fingerprint density at radius 1 is 0.760 bits per heavy atom. The van der Waals surface area contributed by atoms with E-state index in [1.165, 1.54) is 18.2 Å². The van der Waals surface area contributed by atoms with Crippen LogP contribution in [0.2, 0.25) is 0 Å². The second kappa shape index (κ2) is 5.81. The lowest BCUT2D eigenvalue weighted by Crippen LogP contribution is -2.06. The molecule has 0 fully saturated rings. The molecule has 25 heavy (non-hydrogen) atoms. The second-order valence-electron chi connectivity index (χ2n) is 5.63. The Kier molecular flexibility index (Phi) is 3.60. The summed E-state index contributed by atoms with van der Waals surface area (Å²) in [4.78, 5) is 0. The van der Waals surface area contributed by atoms with E-state index in [-0.39, 0.29) is 12.1 Å². The molecule has 0 aliphatic heterocycles. The van der Waals surface area contributed by atoms with Crippen LogP contribution in [0.25, 0.3) is 21.9 Å². The van der Waals surface area contributed by atoms with Crippen molar-refractivity contribution in [3.05, 3.63) is 77.4 Å². The van der Waals surface area contributed by atoms with Crippen LogP contribution >= 0.6 is 0 Å². The topological polar surface area (TPSA) is 25.2 Å². The van der Waals surface area contributed by atoms with Crippen molar-refractivity contribution < 1.29 is 22.0 Å². The summed E-state index contributed by atoms with van der Waals surface area (Å²) in [5, 5.41) is 4.11. The molecule has 0 spiro atoms. The zero-order valence-corrected chi connectivity index (χ0v) is 12.7. The van der Waals surface area contributed by atoms with Gasteiger partial charge in [-0.3, -0.25) is 0 Å². The van der Waals surface area contributed by atoms with E-state index in [0.29, 0.717) is 27.6 Å². The molecule has 0 unspecified atom stereocenters. The summed E-state index contributed by atoms with van der Waals surface area (Å²) in [6, 6.07) is 10.8. The molecule has 0 bridgehead atoms. The van der Waals surface area contributed by atoms with Gasteiger partial charge in [0.05, 0.1) is 0 Å². The van der Waals surface area contributed by atoms with Gasteiger partial charge in [-0.15, -0.1) is 0 Å². The van der Waals surface area contributed by atoms with Gasteiger partial charge in [-0.1, -0.05) is 0 Å². The molecule has 3 aromatic carbocycles. The van der Waals surface area contributed by atoms with Gasteiger partial charge in [0.25, 0.3) is 0 Å². The lowest BCUT2D eigenvalue weighted by Gasteiger charge is -2.09. The highest BCUT2D eigenvalue weighted by Gasteiger charge is 2.14. The van der Waals surface area contributed by atoms with Gasteiger partial charge in [0.15, 0.2) is 11.6 Å². The third kappa shape index (κ3) is 2.69. The number of benzene rings is 3. The molecule has 126 valence electrons. The van der Waals surface area contributed by atoms with Crippen molar-refractivity contribution in [1.82, 2.24) is 0 Å². The van der Waals surface area contributed by atoms with E-state index in [4.69, 9.17) is 4.42 Å². The molecule has 0 aliphatic carbocycles. The van der Waals surface area contributed by atoms with Gasteiger partial charge < -0.3 is 9.73 Å². The first-order valence-electron chi connectivity index (χ1n) is 7.51. The molecule has 0 radical (unpaired) electrons. The van der Waals surface area contributed by atoms with Gasteiger partial charge in [0, 0.05) is 28.6 Å². The van der Waals surface area contributed by atoms with Gasteiger partial charge in [-0.25, -0.2) is 17.6 Å². The van der Waals surface area contributed by atoms with E-state index in [1.807, 2.05) is 0 Å². The molecule has 1 N–H and O–H groups in total. The number of nitrogens with one attached hydrogen (secondary N) is 1. The summed E-state index contributed by atoms with van der Waals surface area (Å²) in [5.41, 5.74) is 1.26. The minimum Gasteiger partial charge on any atom is -0.456 e. The first-order valence-corrected chi connectivity index (χ1v) is 7.51. The number of halogens is 4. The monoisotopic (exact) mass is 345 g/mol. The largest absolute Gasteiger partial charge is 0.456 e. The average Bonchev–Trinajstić information content (AvgIpc) is 2.95. The summed E-state index contributed by atoms with van der Waals surface area (Å²) in [6.07, 6.45) is 0. The quantitative estimate of drug-likeness (QED) is 0.377. The lowest BCUT2D eigenvalue weighted by atomic mass is 10.1. The smallest absolute Gasteiger partial charge is 0.166 e. The van der Waals surface area contributed by atoms with Gasteiger partial charge >= 0.3 is 0 Å². The average molecular weight is 345 g/mol. The highest BCUT2D eigenvalue weighted by Crippen LogP contribution is 2.31. The van der Waals surface area contributed by atoms with E-state index in [2.05, 4.69) is 5.32 Å². The van der Waals surface area contributed by atoms with Crippen LogP contribution in [-0.4, -0.2) is 0 Å². The molecular weight excluding hydrogens is 334 g/mol. The Labute approximate surface area is 139 Å². The maximum absolute atomic E-state index is 13.7. The Hall–Kier alpha value is -3.02. The highest BCUT2D eigenvalue weighted by molar-refractivity contribution is 6.05. The van der Waals surface area contributed by atoms with Crippen LogP contribution in [0.1, 0.15) is 5.56 Å². The van der Waals surface area contributed by atoms with Crippen LogP contribution < -0.4 is 5.32 Å². The van der Waals surface area contributed by atoms with E-state index in [9.17, 15) is 17.6 Å². The predicted molar refractivity (Wildman–Crippen MR) is 87.3 cm³/mol. The van der Waals surface area contributed by atoms with Crippen molar-refractivity contribution in [1.29, 1.82) is 0 Å². The number of hydrogen-bond acceptors (Lipinski definition) is 2. The zero-order chi connectivity index (χ0) is 17.6. The fraction of sp³-hybridized carbons (Fsp3) is 0.0526. The second-order valence-corrected chi connectivity index (χ2v) is 5.63. The normalized spacial score (nSPS) is 11.4. The van der Waals surface area contributed by atoms with Crippen molar-refractivity contribution in [2.24, 2.45) is 0 Å². The van der Waals surface area contributed by atoms with Crippen LogP contribution in [0.4, 0.5) is 23.2 Å². The molecule has 2 nitrogen and oxygen atoms in total. The van der Waals surface area contributed by atoms with Gasteiger partial charge in [-0.2, -0.15) is 0 Å². The standard InChI is InChI=1S/C19H11F4NO/c20-10-1-5-17-12(7-10)13-8-11(2-6-18(13)25-17)24-9-14-15(21)3-4-16(22)19(14)23/h1-8,24H,9H2. The maximum atomic E-state index is 13.7. The molecule has 0 atom stereocenters. The first-order chi connectivity index (χ1) is 12.0. The van der Waals surface area contributed by atoms with Crippen molar-refractivity contribution >= 4 is 27.6 Å².